The molecule has 2 nitrogen and oxygen atoms in total. The second-order valence-corrected chi connectivity index (χ2v) is 8.73. The van der Waals surface area contributed by atoms with Crippen LogP contribution in [0.1, 0.15) is 37.2 Å². The molecule has 27 heavy (non-hydrogen) atoms. The van der Waals surface area contributed by atoms with Crippen molar-refractivity contribution in [3.63, 3.8) is 0 Å². The number of rotatable bonds is 5. The van der Waals surface area contributed by atoms with Crippen LogP contribution in [-0.2, 0) is 0 Å². The molecule has 4 rings (SSSR count). The average molecular weight is 397 g/mol. The van der Waals surface area contributed by atoms with Gasteiger partial charge in [0.2, 0.25) is 0 Å². The largest absolute Gasteiger partial charge is 0.374 e. The Hall–Kier alpha value is -1.84. The Labute approximate surface area is 170 Å². The van der Waals surface area contributed by atoms with E-state index in [0.717, 1.165) is 23.2 Å². The summed E-state index contributed by atoms with van der Waals surface area (Å²) in [5.74, 6) is 1.47. The van der Waals surface area contributed by atoms with Crippen LogP contribution >= 0.6 is 22.9 Å². The number of hydrogen-bond donors (Lipinski definition) is 0. The lowest BCUT2D eigenvalue weighted by molar-refractivity contribution is 0.329. The van der Waals surface area contributed by atoms with Crippen LogP contribution in [0.15, 0.2) is 59.4 Å². The lowest BCUT2D eigenvalue weighted by atomic mass is 9.78. The van der Waals surface area contributed by atoms with Gasteiger partial charge in [0, 0.05) is 35.2 Å². The summed E-state index contributed by atoms with van der Waals surface area (Å²) in [5, 5.41) is 2.92. The molecule has 1 saturated carbocycles. The summed E-state index contributed by atoms with van der Waals surface area (Å²) in [6.07, 6.45) is 5.16. The van der Waals surface area contributed by atoms with E-state index in [0.29, 0.717) is 5.92 Å². The van der Waals surface area contributed by atoms with E-state index in [-0.39, 0.29) is 0 Å². The Morgan fingerprint density at radius 2 is 1.70 bits per heavy atom. The number of aromatic nitrogens is 1. The molecule has 0 unspecified atom stereocenters. The van der Waals surface area contributed by atoms with Gasteiger partial charge in [-0.2, -0.15) is 0 Å². The number of halogens is 1. The van der Waals surface area contributed by atoms with Crippen molar-refractivity contribution in [2.24, 2.45) is 5.92 Å². The van der Waals surface area contributed by atoms with Gasteiger partial charge in [-0.3, -0.25) is 0 Å². The van der Waals surface area contributed by atoms with Crippen LogP contribution in [0.4, 0.5) is 5.69 Å². The second-order valence-electron chi connectivity index (χ2n) is 7.57. The number of thiazole rings is 1. The van der Waals surface area contributed by atoms with E-state index >= 15 is 0 Å². The van der Waals surface area contributed by atoms with Gasteiger partial charge in [0.1, 0.15) is 0 Å². The summed E-state index contributed by atoms with van der Waals surface area (Å²) in [5.41, 5.74) is 6.87. The SMILES string of the molecule is CN(CC1CCC(c2ccc(Cl)cc2)CC1)c1ccc(-c2cscn2)cc1. The molecule has 0 atom stereocenters. The van der Waals surface area contributed by atoms with Crippen LogP contribution in [-0.4, -0.2) is 18.6 Å². The van der Waals surface area contributed by atoms with Crippen molar-refractivity contribution in [3.8, 4) is 11.3 Å². The Kier molecular flexibility index (Phi) is 5.80. The van der Waals surface area contributed by atoms with E-state index in [2.05, 4.69) is 58.7 Å². The van der Waals surface area contributed by atoms with E-state index < -0.39 is 0 Å². The zero-order valence-electron chi connectivity index (χ0n) is 15.6. The van der Waals surface area contributed by atoms with E-state index in [1.54, 1.807) is 11.3 Å². The monoisotopic (exact) mass is 396 g/mol. The van der Waals surface area contributed by atoms with Gasteiger partial charge in [0.25, 0.3) is 0 Å². The lowest BCUT2D eigenvalue weighted by Gasteiger charge is -2.32. The van der Waals surface area contributed by atoms with Gasteiger partial charge in [-0.25, -0.2) is 4.98 Å². The zero-order chi connectivity index (χ0) is 18.6. The highest BCUT2D eigenvalue weighted by Gasteiger charge is 2.23. The Morgan fingerprint density at radius 1 is 1.00 bits per heavy atom. The maximum absolute atomic E-state index is 6.02. The maximum atomic E-state index is 6.02. The van der Waals surface area contributed by atoms with Crippen LogP contribution in [0.3, 0.4) is 0 Å². The molecule has 0 N–H and O–H groups in total. The molecule has 0 amide bonds. The fourth-order valence-corrected chi connectivity index (χ4v) is 4.83. The summed E-state index contributed by atoms with van der Waals surface area (Å²) in [6.45, 7) is 1.13. The predicted molar refractivity (Wildman–Crippen MR) is 117 cm³/mol. The van der Waals surface area contributed by atoms with Crippen molar-refractivity contribution in [1.29, 1.82) is 0 Å². The average Bonchev–Trinajstić information content (AvgIpc) is 3.24. The van der Waals surface area contributed by atoms with Crippen LogP contribution in [0, 0.1) is 5.92 Å². The van der Waals surface area contributed by atoms with E-state index in [4.69, 9.17) is 11.6 Å². The molecule has 140 valence electrons. The van der Waals surface area contributed by atoms with Gasteiger partial charge in [0.15, 0.2) is 0 Å². The van der Waals surface area contributed by atoms with Gasteiger partial charge >= 0.3 is 0 Å². The van der Waals surface area contributed by atoms with Crippen molar-refractivity contribution in [2.45, 2.75) is 31.6 Å². The molecular weight excluding hydrogens is 372 g/mol. The van der Waals surface area contributed by atoms with Crippen molar-refractivity contribution in [1.82, 2.24) is 4.98 Å². The summed E-state index contributed by atoms with van der Waals surface area (Å²) in [6, 6.07) is 17.2. The van der Waals surface area contributed by atoms with Crippen LogP contribution < -0.4 is 4.90 Å². The normalized spacial score (nSPS) is 19.8. The van der Waals surface area contributed by atoms with E-state index in [9.17, 15) is 0 Å². The molecule has 2 aromatic carbocycles. The van der Waals surface area contributed by atoms with Crippen molar-refractivity contribution >= 4 is 28.6 Å². The molecule has 1 aliphatic rings. The third-order valence-electron chi connectivity index (χ3n) is 5.76. The fourth-order valence-electron chi connectivity index (χ4n) is 4.15. The Bertz CT molecular complexity index is 835. The van der Waals surface area contributed by atoms with E-state index in [1.165, 1.54) is 42.5 Å². The van der Waals surface area contributed by atoms with Crippen LogP contribution in [0.2, 0.25) is 5.02 Å². The molecule has 0 saturated heterocycles. The highest BCUT2D eigenvalue weighted by molar-refractivity contribution is 7.07. The molecule has 1 fully saturated rings. The third kappa shape index (κ3) is 4.53. The smallest absolute Gasteiger partial charge is 0.0811 e. The second kappa shape index (κ2) is 8.45. The minimum atomic E-state index is 0.696. The number of hydrogen-bond acceptors (Lipinski definition) is 3. The Balaban J connectivity index is 1.31. The highest BCUT2D eigenvalue weighted by atomic mass is 35.5. The summed E-state index contributed by atoms with van der Waals surface area (Å²) in [4.78, 5) is 6.79. The first-order valence-corrected chi connectivity index (χ1v) is 11.0. The van der Waals surface area contributed by atoms with Crippen LogP contribution in [0.5, 0.6) is 0 Å². The number of nitrogens with zero attached hydrogens (tertiary/aromatic N) is 2. The molecule has 1 aliphatic carbocycles. The van der Waals surface area contributed by atoms with Gasteiger partial charge in [0.05, 0.1) is 11.2 Å². The standard InChI is InChI=1S/C23H25ClN2S/c1-26(22-12-8-20(9-13-22)23-15-27-16-25-23)14-17-2-4-18(5-3-17)19-6-10-21(24)11-7-19/h6-13,15-18H,2-5,14H2,1H3. The highest BCUT2D eigenvalue weighted by Crippen LogP contribution is 2.36. The van der Waals surface area contributed by atoms with Gasteiger partial charge in [-0.05, 0) is 67.3 Å². The summed E-state index contributed by atoms with van der Waals surface area (Å²) >= 11 is 7.66. The topological polar surface area (TPSA) is 16.1 Å². The number of anilines is 1. The molecule has 1 aromatic heterocycles. The molecule has 1 heterocycles. The molecular formula is C23H25ClN2S. The first kappa shape index (κ1) is 18.5. The summed E-state index contributed by atoms with van der Waals surface area (Å²) < 4.78 is 0. The first-order valence-electron chi connectivity index (χ1n) is 9.64. The van der Waals surface area contributed by atoms with Crippen molar-refractivity contribution in [2.75, 3.05) is 18.5 Å². The fraction of sp³-hybridized carbons (Fsp3) is 0.348. The first-order chi connectivity index (χ1) is 13.2. The maximum Gasteiger partial charge on any atom is 0.0811 e. The van der Waals surface area contributed by atoms with Gasteiger partial charge in [-0.15, -0.1) is 11.3 Å². The Morgan fingerprint density at radius 3 is 2.33 bits per heavy atom. The third-order valence-corrected chi connectivity index (χ3v) is 6.59. The minimum absolute atomic E-state index is 0.696. The number of benzene rings is 2. The molecule has 3 aromatic rings. The summed E-state index contributed by atoms with van der Waals surface area (Å²) in [7, 11) is 2.21. The van der Waals surface area contributed by atoms with Gasteiger partial charge in [-0.1, -0.05) is 35.9 Å². The quantitative estimate of drug-likeness (QED) is 0.467. The minimum Gasteiger partial charge on any atom is -0.374 e. The van der Waals surface area contributed by atoms with Crippen LogP contribution in [0.25, 0.3) is 11.3 Å². The molecule has 0 aliphatic heterocycles. The molecule has 4 heteroatoms. The molecule has 0 bridgehead atoms. The van der Waals surface area contributed by atoms with Gasteiger partial charge < -0.3 is 4.90 Å². The van der Waals surface area contributed by atoms with Crippen molar-refractivity contribution < 1.29 is 0 Å². The van der Waals surface area contributed by atoms with Crippen molar-refractivity contribution in [3.05, 3.63) is 70.0 Å². The zero-order valence-corrected chi connectivity index (χ0v) is 17.2. The molecule has 0 spiro atoms. The van der Waals surface area contributed by atoms with E-state index in [1.807, 2.05) is 17.6 Å². The predicted octanol–water partition coefficient (Wildman–Crippen LogP) is 6.87. The molecule has 0 radical (unpaired) electrons. The lowest BCUT2D eigenvalue weighted by Crippen LogP contribution is -2.28.